The predicted molar refractivity (Wildman–Crippen MR) is 213 cm³/mol. The number of fused-ring (bicyclic) bond motifs is 4. The molecular weight excluding hydrogens is 603 g/mol. The molecule has 9 rings (SSSR count). The van der Waals surface area contributed by atoms with Gasteiger partial charge in [0.05, 0.1) is 0 Å². The molecule has 238 valence electrons. The van der Waals surface area contributed by atoms with Gasteiger partial charge >= 0.3 is 0 Å². The lowest BCUT2D eigenvalue weighted by Crippen LogP contribution is -2.16. The molecule has 0 amide bonds. The summed E-state index contributed by atoms with van der Waals surface area (Å²) in [7, 11) is 0. The van der Waals surface area contributed by atoms with Gasteiger partial charge < -0.3 is 4.90 Å². The van der Waals surface area contributed by atoms with Crippen LogP contribution in [-0.4, -0.2) is 0 Å². The minimum atomic E-state index is -0.0990. The molecule has 0 bridgehead atoms. The Hall–Kier alpha value is -6.18. The van der Waals surface area contributed by atoms with E-state index in [1.807, 2.05) is 0 Å². The summed E-state index contributed by atoms with van der Waals surface area (Å²) in [5.74, 6) is 0. The molecule has 0 fully saturated rings. The van der Waals surface area contributed by atoms with Crippen LogP contribution in [0.1, 0.15) is 25.0 Å². The highest BCUT2D eigenvalue weighted by atomic mass is 15.1. The van der Waals surface area contributed by atoms with Crippen LogP contribution in [0.15, 0.2) is 188 Å². The van der Waals surface area contributed by atoms with Gasteiger partial charge in [0.1, 0.15) is 0 Å². The first-order valence-electron chi connectivity index (χ1n) is 17.4. The fourth-order valence-corrected chi connectivity index (χ4v) is 7.85. The van der Waals surface area contributed by atoms with Crippen molar-refractivity contribution in [2.24, 2.45) is 0 Å². The second-order valence-electron chi connectivity index (χ2n) is 13.8. The number of hydrogen-bond donors (Lipinski definition) is 0. The summed E-state index contributed by atoms with van der Waals surface area (Å²) < 4.78 is 0. The number of hydrogen-bond acceptors (Lipinski definition) is 1. The minimum absolute atomic E-state index is 0.0990. The van der Waals surface area contributed by atoms with Crippen molar-refractivity contribution in [1.82, 2.24) is 0 Å². The molecule has 1 nitrogen and oxygen atoms in total. The van der Waals surface area contributed by atoms with Crippen molar-refractivity contribution in [3.63, 3.8) is 0 Å². The van der Waals surface area contributed by atoms with Crippen molar-refractivity contribution in [3.05, 3.63) is 199 Å². The first-order chi connectivity index (χ1) is 24.5. The van der Waals surface area contributed by atoms with E-state index in [9.17, 15) is 0 Å². The normalized spacial score (nSPS) is 12.8. The minimum Gasteiger partial charge on any atom is -0.310 e. The van der Waals surface area contributed by atoms with E-state index in [0.717, 1.165) is 17.1 Å². The molecule has 0 aliphatic heterocycles. The van der Waals surface area contributed by atoms with Crippen molar-refractivity contribution in [1.29, 1.82) is 0 Å². The van der Waals surface area contributed by atoms with Gasteiger partial charge in [0.25, 0.3) is 0 Å². The summed E-state index contributed by atoms with van der Waals surface area (Å²) in [5, 5.41) is 2.48. The van der Waals surface area contributed by atoms with Gasteiger partial charge in [-0.1, -0.05) is 159 Å². The summed E-state index contributed by atoms with van der Waals surface area (Å²) >= 11 is 0. The molecule has 1 aliphatic carbocycles. The first-order valence-corrected chi connectivity index (χ1v) is 17.4. The quantitative estimate of drug-likeness (QED) is 0.175. The standard InChI is InChI=1S/C49H37N/c1-49(2)47-20-12-11-19-44(47)45-30-28-42(33-48(45)49)50(40-25-23-36(24-26-40)34-13-5-3-6-14-34)41-27-29-43(37-16-7-4-8-17-37)46(32-41)39-22-21-35-15-9-10-18-38(35)31-39/h3-33H,1-2H3. The van der Waals surface area contributed by atoms with Crippen LogP contribution in [0.2, 0.25) is 0 Å². The highest BCUT2D eigenvalue weighted by molar-refractivity contribution is 5.94. The number of rotatable bonds is 6. The van der Waals surface area contributed by atoms with Gasteiger partial charge in [-0.2, -0.15) is 0 Å². The van der Waals surface area contributed by atoms with E-state index in [-0.39, 0.29) is 5.41 Å². The average molecular weight is 640 g/mol. The van der Waals surface area contributed by atoms with Crippen molar-refractivity contribution in [2.45, 2.75) is 19.3 Å². The van der Waals surface area contributed by atoms with Gasteiger partial charge in [0.15, 0.2) is 0 Å². The maximum atomic E-state index is 2.42. The Morgan fingerprint density at radius 2 is 0.860 bits per heavy atom. The second kappa shape index (κ2) is 12.1. The first kappa shape index (κ1) is 29.9. The Labute approximate surface area is 294 Å². The highest BCUT2D eigenvalue weighted by Crippen LogP contribution is 2.51. The van der Waals surface area contributed by atoms with Crippen LogP contribution >= 0.6 is 0 Å². The van der Waals surface area contributed by atoms with Crippen molar-refractivity contribution >= 4 is 27.8 Å². The molecule has 0 spiro atoms. The molecule has 0 radical (unpaired) electrons. The molecular formula is C49H37N. The molecule has 0 unspecified atom stereocenters. The van der Waals surface area contributed by atoms with Crippen molar-refractivity contribution in [2.75, 3.05) is 4.90 Å². The summed E-state index contributed by atoms with van der Waals surface area (Å²) in [6.45, 7) is 4.71. The van der Waals surface area contributed by atoms with Gasteiger partial charge in [-0.25, -0.2) is 0 Å². The fraction of sp³-hybridized carbons (Fsp3) is 0.0612. The van der Waals surface area contributed by atoms with Crippen LogP contribution in [0, 0.1) is 0 Å². The molecule has 0 atom stereocenters. The zero-order valence-electron chi connectivity index (χ0n) is 28.3. The Morgan fingerprint density at radius 3 is 1.62 bits per heavy atom. The highest BCUT2D eigenvalue weighted by Gasteiger charge is 2.35. The van der Waals surface area contributed by atoms with E-state index < -0.39 is 0 Å². The van der Waals surface area contributed by atoms with E-state index in [0.29, 0.717) is 0 Å². The summed E-state index contributed by atoms with van der Waals surface area (Å²) in [4.78, 5) is 2.42. The van der Waals surface area contributed by atoms with E-state index >= 15 is 0 Å². The number of nitrogens with zero attached hydrogens (tertiary/aromatic N) is 1. The lowest BCUT2D eigenvalue weighted by atomic mass is 9.82. The van der Waals surface area contributed by atoms with Crippen LogP contribution in [0.4, 0.5) is 17.1 Å². The smallest absolute Gasteiger partial charge is 0.0468 e. The predicted octanol–water partition coefficient (Wildman–Crippen LogP) is 13.6. The summed E-state index contributed by atoms with van der Waals surface area (Å²) in [6.07, 6.45) is 0. The van der Waals surface area contributed by atoms with Gasteiger partial charge in [-0.05, 0) is 109 Å². The molecule has 1 heteroatoms. The fourth-order valence-electron chi connectivity index (χ4n) is 7.85. The number of benzene rings is 8. The topological polar surface area (TPSA) is 3.24 Å². The van der Waals surface area contributed by atoms with E-state index in [4.69, 9.17) is 0 Å². The van der Waals surface area contributed by atoms with Crippen LogP contribution in [-0.2, 0) is 5.41 Å². The van der Waals surface area contributed by atoms with E-state index in [1.54, 1.807) is 0 Å². The Kier molecular flexibility index (Phi) is 7.21. The average Bonchev–Trinajstić information content (AvgIpc) is 3.41. The third-order valence-electron chi connectivity index (χ3n) is 10.5. The maximum absolute atomic E-state index is 2.42. The van der Waals surface area contributed by atoms with Crippen LogP contribution in [0.3, 0.4) is 0 Å². The van der Waals surface area contributed by atoms with Gasteiger partial charge in [0.2, 0.25) is 0 Å². The zero-order valence-corrected chi connectivity index (χ0v) is 28.3. The number of anilines is 3. The van der Waals surface area contributed by atoms with Crippen molar-refractivity contribution < 1.29 is 0 Å². The molecule has 0 saturated carbocycles. The molecule has 0 N–H and O–H groups in total. The molecule has 0 heterocycles. The van der Waals surface area contributed by atoms with E-state index in [1.165, 1.54) is 66.4 Å². The molecule has 0 aromatic heterocycles. The SMILES string of the molecule is CC1(C)c2ccccc2-c2ccc(N(c3ccc(-c4ccccc4)cc3)c3ccc(-c4ccccc4)c(-c4ccc5ccccc5c4)c3)cc21. The maximum Gasteiger partial charge on any atom is 0.0468 e. The molecule has 0 saturated heterocycles. The zero-order chi connectivity index (χ0) is 33.7. The third kappa shape index (κ3) is 5.11. The Bertz CT molecular complexity index is 2490. The molecule has 8 aromatic rings. The largest absolute Gasteiger partial charge is 0.310 e. The van der Waals surface area contributed by atoms with Crippen molar-refractivity contribution in [3.8, 4) is 44.5 Å². The molecule has 50 heavy (non-hydrogen) atoms. The monoisotopic (exact) mass is 639 g/mol. The third-order valence-corrected chi connectivity index (χ3v) is 10.5. The Balaban J connectivity index is 1.24. The van der Waals surface area contributed by atoms with Crippen LogP contribution in [0.25, 0.3) is 55.3 Å². The second-order valence-corrected chi connectivity index (χ2v) is 13.8. The van der Waals surface area contributed by atoms with Gasteiger partial charge in [-0.15, -0.1) is 0 Å². The van der Waals surface area contributed by atoms with Crippen LogP contribution in [0.5, 0.6) is 0 Å². The van der Waals surface area contributed by atoms with Gasteiger partial charge in [-0.3, -0.25) is 0 Å². The summed E-state index contributed by atoms with van der Waals surface area (Å²) in [5.41, 5.74) is 15.9. The summed E-state index contributed by atoms with van der Waals surface area (Å²) in [6, 6.07) is 68.7. The Morgan fingerprint density at radius 1 is 0.320 bits per heavy atom. The molecule has 1 aliphatic rings. The molecule has 8 aromatic carbocycles. The van der Waals surface area contributed by atoms with Crippen LogP contribution < -0.4 is 4.90 Å². The van der Waals surface area contributed by atoms with E-state index in [2.05, 4.69) is 207 Å². The van der Waals surface area contributed by atoms with Gasteiger partial charge in [0, 0.05) is 22.5 Å². The lowest BCUT2D eigenvalue weighted by molar-refractivity contribution is 0.660. The lowest BCUT2D eigenvalue weighted by Gasteiger charge is -2.29.